The molecule has 8 nitrogen and oxygen atoms in total. The fourth-order valence-electron chi connectivity index (χ4n) is 2.22. The van der Waals surface area contributed by atoms with Gasteiger partial charge in [-0.25, -0.2) is 4.79 Å². The van der Waals surface area contributed by atoms with E-state index in [-0.39, 0.29) is 25.0 Å². The van der Waals surface area contributed by atoms with Gasteiger partial charge in [-0.05, 0) is 29.8 Å². The number of rotatable bonds is 9. The average molecular weight is 386 g/mol. The maximum Gasteiger partial charge on any atom is 0.341 e. The molecule has 28 heavy (non-hydrogen) atoms. The Balaban J connectivity index is 1.99. The molecule has 0 atom stereocenters. The molecule has 0 aliphatic carbocycles. The Kier molecular flexibility index (Phi) is 7.38. The fraction of sp³-hybridized carbons (Fsp3) is 0.250. The molecule has 8 heteroatoms. The number of aliphatic carboxylic acids is 1. The lowest BCUT2D eigenvalue weighted by Gasteiger charge is -2.14. The van der Waals surface area contributed by atoms with E-state index in [0.717, 1.165) is 5.56 Å². The largest absolute Gasteiger partial charge is 0.483 e. The van der Waals surface area contributed by atoms with Gasteiger partial charge in [0.2, 0.25) is 0 Å². The minimum atomic E-state index is -1.07. The summed E-state index contributed by atoms with van der Waals surface area (Å²) in [5, 5.41) is 11.4. The van der Waals surface area contributed by atoms with Crippen molar-refractivity contribution in [2.24, 2.45) is 0 Å². The number of hydrogen-bond donors (Lipinski definition) is 2. The molecule has 0 aromatic heterocycles. The molecule has 0 saturated carbocycles. The molecule has 148 valence electrons. The molecule has 2 amide bonds. The molecular weight excluding hydrogens is 364 g/mol. The normalized spacial score (nSPS) is 10.1. The first-order valence-electron chi connectivity index (χ1n) is 8.50. The molecule has 0 aliphatic heterocycles. The maximum atomic E-state index is 12.5. The number of benzene rings is 2. The molecule has 2 rings (SSSR count). The quantitative estimate of drug-likeness (QED) is 0.677. The Labute approximate surface area is 162 Å². The van der Waals surface area contributed by atoms with Gasteiger partial charge in [0.05, 0.1) is 5.56 Å². The van der Waals surface area contributed by atoms with Crippen LogP contribution in [0.3, 0.4) is 0 Å². The highest BCUT2D eigenvalue weighted by molar-refractivity contribution is 5.97. The molecule has 0 unspecified atom stereocenters. The fourth-order valence-corrected chi connectivity index (χ4v) is 2.22. The summed E-state index contributed by atoms with van der Waals surface area (Å²) in [4.78, 5) is 36.2. The summed E-state index contributed by atoms with van der Waals surface area (Å²) in [6.45, 7) is -0.388. The SMILES string of the molecule is CN(C)C(=O)COc1ccccc1C(=O)NCc1cccc(OCC(=O)O)c1. The van der Waals surface area contributed by atoms with Gasteiger partial charge in [0.15, 0.2) is 13.2 Å². The van der Waals surface area contributed by atoms with Gasteiger partial charge in [0.25, 0.3) is 11.8 Å². The number of nitrogens with zero attached hydrogens (tertiary/aromatic N) is 1. The van der Waals surface area contributed by atoms with Crippen LogP contribution in [0.15, 0.2) is 48.5 Å². The molecular formula is C20H22N2O6. The van der Waals surface area contributed by atoms with Crippen molar-refractivity contribution in [1.29, 1.82) is 0 Å². The molecule has 2 aromatic rings. The zero-order chi connectivity index (χ0) is 20.5. The number of para-hydroxylation sites is 1. The second-order valence-corrected chi connectivity index (χ2v) is 6.09. The second-order valence-electron chi connectivity index (χ2n) is 6.09. The molecule has 2 aromatic carbocycles. The van der Waals surface area contributed by atoms with E-state index in [2.05, 4.69) is 5.32 Å². The first-order chi connectivity index (χ1) is 13.4. The van der Waals surface area contributed by atoms with Crippen LogP contribution in [-0.2, 0) is 16.1 Å². The average Bonchev–Trinajstić information content (AvgIpc) is 2.69. The summed E-state index contributed by atoms with van der Waals surface area (Å²) in [5.74, 6) is -0.921. The lowest BCUT2D eigenvalue weighted by molar-refractivity contribution is -0.139. The van der Waals surface area contributed by atoms with Crippen LogP contribution in [0.1, 0.15) is 15.9 Å². The number of carboxylic acids is 1. The van der Waals surface area contributed by atoms with Crippen LogP contribution in [0.25, 0.3) is 0 Å². The van der Waals surface area contributed by atoms with Gasteiger partial charge in [-0.3, -0.25) is 9.59 Å². The van der Waals surface area contributed by atoms with Crippen molar-refractivity contribution in [2.75, 3.05) is 27.3 Å². The highest BCUT2D eigenvalue weighted by Gasteiger charge is 2.14. The number of likely N-dealkylation sites (N-methyl/N-ethyl adjacent to an activating group) is 1. The second kappa shape index (κ2) is 9.96. The van der Waals surface area contributed by atoms with Crippen molar-refractivity contribution >= 4 is 17.8 Å². The molecule has 0 bridgehead atoms. The van der Waals surface area contributed by atoms with Gasteiger partial charge >= 0.3 is 5.97 Å². The van der Waals surface area contributed by atoms with Crippen LogP contribution < -0.4 is 14.8 Å². The lowest BCUT2D eigenvalue weighted by atomic mass is 10.1. The predicted molar refractivity (Wildman–Crippen MR) is 101 cm³/mol. The van der Waals surface area contributed by atoms with Gasteiger partial charge in [0.1, 0.15) is 11.5 Å². The van der Waals surface area contributed by atoms with E-state index >= 15 is 0 Å². The number of hydrogen-bond acceptors (Lipinski definition) is 5. The van der Waals surface area contributed by atoms with Crippen LogP contribution >= 0.6 is 0 Å². The molecule has 0 aliphatic rings. The van der Waals surface area contributed by atoms with E-state index in [0.29, 0.717) is 17.1 Å². The van der Waals surface area contributed by atoms with E-state index in [9.17, 15) is 14.4 Å². The van der Waals surface area contributed by atoms with Crippen LogP contribution in [0.4, 0.5) is 0 Å². The third kappa shape index (κ3) is 6.31. The third-order valence-corrected chi connectivity index (χ3v) is 3.70. The molecule has 0 fully saturated rings. The van der Waals surface area contributed by atoms with Gasteiger partial charge in [-0.15, -0.1) is 0 Å². The number of nitrogens with one attached hydrogen (secondary N) is 1. The molecule has 0 radical (unpaired) electrons. The Morgan fingerprint density at radius 2 is 1.75 bits per heavy atom. The van der Waals surface area contributed by atoms with Gasteiger partial charge in [-0.1, -0.05) is 24.3 Å². The Morgan fingerprint density at radius 1 is 1.00 bits per heavy atom. The number of carboxylic acid groups (broad SMARTS) is 1. The van der Waals surface area contributed by atoms with Crippen molar-refractivity contribution in [1.82, 2.24) is 10.2 Å². The Morgan fingerprint density at radius 3 is 2.46 bits per heavy atom. The molecule has 0 saturated heterocycles. The maximum absolute atomic E-state index is 12.5. The minimum absolute atomic E-state index is 0.166. The van der Waals surface area contributed by atoms with Crippen molar-refractivity contribution in [2.45, 2.75) is 6.54 Å². The zero-order valence-corrected chi connectivity index (χ0v) is 15.7. The highest BCUT2D eigenvalue weighted by atomic mass is 16.5. The van der Waals surface area contributed by atoms with E-state index in [1.54, 1.807) is 62.6 Å². The third-order valence-electron chi connectivity index (χ3n) is 3.70. The summed E-state index contributed by atoms with van der Waals surface area (Å²) in [7, 11) is 3.25. The smallest absolute Gasteiger partial charge is 0.341 e. The number of amides is 2. The number of carbonyl (C=O) groups is 3. The standard InChI is InChI=1S/C20H22N2O6/c1-22(2)18(23)12-28-17-9-4-3-8-16(17)20(26)21-11-14-6-5-7-15(10-14)27-13-19(24)25/h3-10H,11-13H2,1-2H3,(H,21,26)(H,24,25). The zero-order valence-electron chi connectivity index (χ0n) is 15.7. The summed E-state index contributed by atoms with van der Waals surface area (Å²) >= 11 is 0. The first kappa shape index (κ1) is 20.8. The van der Waals surface area contributed by atoms with Crippen molar-refractivity contribution < 1.29 is 29.0 Å². The van der Waals surface area contributed by atoms with Crippen LogP contribution in [0.5, 0.6) is 11.5 Å². The monoisotopic (exact) mass is 386 g/mol. The summed E-state index contributed by atoms with van der Waals surface area (Å²) < 4.78 is 10.6. The van der Waals surface area contributed by atoms with Crippen molar-refractivity contribution in [3.8, 4) is 11.5 Å². The lowest BCUT2D eigenvalue weighted by Crippen LogP contribution is -2.28. The van der Waals surface area contributed by atoms with Gasteiger partial charge in [-0.2, -0.15) is 0 Å². The summed E-state index contributed by atoms with van der Waals surface area (Å²) in [6, 6.07) is 13.4. The van der Waals surface area contributed by atoms with E-state index in [1.165, 1.54) is 4.90 Å². The van der Waals surface area contributed by atoms with Crippen LogP contribution in [0.2, 0.25) is 0 Å². The Bertz CT molecular complexity index is 850. The van der Waals surface area contributed by atoms with Crippen LogP contribution in [0, 0.1) is 0 Å². The summed E-state index contributed by atoms with van der Waals surface area (Å²) in [6.07, 6.45) is 0. The molecule has 0 spiro atoms. The Hall–Kier alpha value is -3.55. The van der Waals surface area contributed by atoms with Gasteiger partial charge in [0, 0.05) is 20.6 Å². The van der Waals surface area contributed by atoms with Crippen LogP contribution in [-0.4, -0.2) is 55.1 Å². The number of ether oxygens (including phenoxy) is 2. The number of carbonyl (C=O) groups excluding carboxylic acids is 2. The van der Waals surface area contributed by atoms with E-state index in [1.807, 2.05) is 0 Å². The van der Waals surface area contributed by atoms with Crippen molar-refractivity contribution in [3.63, 3.8) is 0 Å². The van der Waals surface area contributed by atoms with E-state index in [4.69, 9.17) is 14.6 Å². The van der Waals surface area contributed by atoms with Gasteiger partial charge < -0.3 is 24.8 Å². The predicted octanol–water partition coefficient (Wildman–Crippen LogP) is 1.55. The topological polar surface area (TPSA) is 105 Å². The molecule has 0 heterocycles. The first-order valence-corrected chi connectivity index (χ1v) is 8.50. The van der Waals surface area contributed by atoms with Crippen molar-refractivity contribution in [3.05, 3.63) is 59.7 Å². The minimum Gasteiger partial charge on any atom is -0.483 e. The molecule has 2 N–H and O–H groups in total. The van der Waals surface area contributed by atoms with E-state index < -0.39 is 12.6 Å². The summed E-state index contributed by atoms with van der Waals surface area (Å²) in [5.41, 5.74) is 1.06. The highest BCUT2D eigenvalue weighted by Crippen LogP contribution is 2.18.